The second-order valence-corrected chi connectivity index (χ2v) is 4.55. The van der Waals surface area contributed by atoms with Gasteiger partial charge in [0.25, 0.3) is 0 Å². The van der Waals surface area contributed by atoms with E-state index in [0.717, 1.165) is 0 Å². The van der Waals surface area contributed by atoms with Crippen LogP contribution in [0.2, 0.25) is 0 Å². The molecule has 1 rings (SSSR count). The van der Waals surface area contributed by atoms with Crippen LogP contribution >= 0.6 is 0 Å². The van der Waals surface area contributed by atoms with Crippen molar-refractivity contribution in [2.24, 2.45) is 5.73 Å². The molecule has 0 aliphatic rings. The molecule has 1 atom stereocenters. The maximum absolute atomic E-state index is 12.6. The maximum Gasteiger partial charge on any atom is 0.420 e. The van der Waals surface area contributed by atoms with Gasteiger partial charge in [-0.05, 0) is 24.5 Å². The molecule has 7 heteroatoms. The molecule has 0 fully saturated rings. The highest BCUT2D eigenvalue weighted by Crippen LogP contribution is 2.25. The minimum absolute atomic E-state index is 0.118. The van der Waals surface area contributed by atoms with E-state index in [-0.39, 0.29) is 6.21 Å². The number of ether oxygens (including phenoxy) is 1. The molecule has 0 aliphatic heterocycles. The maximum atomic E-state index is 12.6. The SMILES string of the molecule is COC(=O)C(C)c1ccccc1C#C/C(N)=C(/C=N)C(F)(F)F. The van der Waals surface area contributed by atoms with Crippen molar-refractivity contribution in [1.82, 2.24) is 0 Å². The quantitative estimate of drug-likeness (QED) is 0.510. The summed E-state index contributed by atoms with van der Waals surface area (Å²) in [6, 6.07) is 6.51. The molecule has 0 saturated heterocycles. The van der Waals surface area contributed by atoms with Crippen molar-refractivity contribution >= 4 is 12.2 Å². The predicted molar refractivity (Wildman–Crippen MR) is 79.8 cm³/mol. The predicted octanol–water partition coefficient (Wildman–Crippen LogP) is 2.74. The summed E-state index contributed by atoms with van der Waals surface area (Å²) in [5.41, 5.74) is 4.12. The van der Waals surface area contributed by atoms with Gasteiger partial charge in [0, 0.05) is 11.8 Å². The lowest BCUT2D eigenvalue weighted by Gasteiger charge is -2.11. The fourth-order valence-electron chi connectivity index (χ4n) is 1.81. The van der Waals surface area contributed by atoms with Gasteiger partial charge in [0.05, 0.1) is 18.7 Å². The smallest absolute Gasteiger partial charge is 0.420 e. The zero-order chi connectivity index (χ0) is 17.6. The van der Waals surface area contributed by atoms with Gasteiger partial charge in [0.2, 0.25) is 0 Å². The summed E-state index contributed by atoms with van der Waals surface area (Å²) in [6.45, 7) is 1.60. The number of allylic oxidation sites excluding steroid dienone is 2. The molecule has 0 amide bonds. The molecular formula is C16H15F3N2O2. The number of carbonyl (C=O) groups is 1. The van der Waals surface area contributed by atoms with Crippen LogP contribution in [0.5, 0.6) is 0 Å². The Kier molecular flexibility index (Phi) is 5.96. The third-order valence-corrected chi connectivity index (χ3v) is 3.05. The van der Waals surface area contributed by atoms with E-state index in [0.29, 0.717) is 11.1 Å². The zero-order valence-corrected chi connectivity index (χ0v) is 12.5. The van der Waals surface area contributed by atoms with Crippen molar-refractivity contribution in [2.75, 3.05) is 7.11 Å². The van der Waals surface area contributed by atoms with Crippen molar-refractivity contribution in [3.05, 3.63) is 46.7 Å². The first-order chi connectivity index (χ1) is 10.7. The molecule has 4 nitrogen and oxygen atoms in total. The number of benzene rings is 1. The van der Waals surface area contributed by atoms with Crippen molar-refractivity contribution < 1.29 is 22.7 Å². The van der Waals surface area contributed by atoms with Crippen LogP contribution in [0.15, 0.2) is 35.5 Å². The minimum atomic E-state index is -4.75. The van der Waals surface area contributed by atoms with Gasteiger partial charge in [-0.2, -0.15) is 13.2 Å². The molecular weight excluding hydrogens is 309 g/mol. The summed E-state index contributed by atoms with van der Waals surface area (Å²) in [7, 11) is 1.24. The van der Waals surface area contributed by atoms with Gasteiger partial charge in [0.15, 0.2) is 0 Å². The Labute approximate surface area is 131 Å². The van der Waals surface area contributed by atoms with E-state index in [2.05, 4.69) is 16.6 Å². The van der Waals surface area contributed by atoms with Crippen LogP contribution in [0.4, 0.5) is 13.2 Å². The number of rotatable bonds is 3. The van der Waals surface area contributed by atoms with Crippen molar-refractivity contribution in [1.29, 1.82) is 5.41 Å². The van der Waals surface area contributed by atoms with Gasteiger partial charge in [-0.15, -0.1) is 0 Å². The highest BCUT2D eigenvalue weighted by molar-refractivity contribution is 5.80. The van der Waals surface area contributed by atoms with E-state index < -0.39 is 29.3 Å². The first-order valence-electron chi connectivity index (χ1n) is 6.48. The van der Waals surface area contributed by atoms with E-state index >= 15 is 0 Å². The molecule has 0 aromatic heterocycles. The van der Waals surface area contributed by atoms with Gasteiger partial charge in [-0.1, -0.05) is 24.1 Å². The van der Waals surface area contributed by atoms with Crippen molar-refractivity contribution in [3.63, 3.8) is 0 Å². The topological polar surface area (TPSA) is 76.2 Å². The molecule has 3 N–H and O–H groups in total. The van der Waals surface area contributed by atoms with Crippen LogP contribution in [0.3, 0.4) is 0 Å². The highest BCUT2D eigenvalue weighted by Gasteiger charge is 2.34. The van der Waals surface area contributed by atoms with Crippen molar-refractivity contribution in [2.45, 2.75) is 19.0 Å². The standard InChI is InChI=1S/C16H15F3N2O2/c1-10(15(22)23-2)12-6-4-3-5-11(12)7-8-14(21)13(9-20)16(17,18)19/h3-6,9-10,20H,21H2,1-2H3/b14-13+,20-9?. The summed E-state index contributed by atoms with van der Waals surface area (Å²) in [5, 5.41) is 6.81. The van der Waals surface area contributed by atoms with E-state index in [1.54, 1.807) is 31.2 Å². The molecule has 0 heterocycles. The molecule has 0 radical (unpaired) electrons. The number of carbonyl (C=O) groups excluding carboxylic acids is 1. The van der Waals surface area contributed by atoms with Gasteiger partial charge in [0.1, 0.15) is 5.57 Å². The van der Waals surface area contributed by atoms with Gasteiger partial charge >= 0.3 is 12.1 Å². The molecule has 1 aromatic carbocycles. The lowest BCUT2D eigenvalue weighted by molar-refractivity contribution is -0.142. The average molecular weight is 324 g/mol. The largest absolute Gasteiger partial charge is 0.469 e. The molecule has 0 bridgehead atoms. The number of hydrogen-bond acceptors (Lipinski definition) is 4. The zero-order valence-electron chi connectivity index (χ0n) is 12.5. The number of alkyl halides is 3. The fourth-order valence-corrected chi connectivity index (χ4v) is 1.81. The number of nitrogens with two attached hydrogens (primary N) is 1. The van der Waals surface area contributed by atoms with E-state index in [4.69, 9.17) is 11.1 Å². The first-order valence-corrected chi connectivity index (χ1v) is 6.48. The second kappa shape index (κ2) is 7.49. The Bertz CT molecular complexity index is 697. The molecule has 122 valence electrons. The van der Waals surface area contributed by atoms with Crippen LogP contribution in [0.25, 0.3) is 0 Å². The Morgan fingerprint density at radius 3 is 2.52 bits per heavy atom. The summed E-state index contributed by atoms with van der Waals surface area (Å²) in [5.74, 6) is 3.60. The number of nitrogens with one attached hydrogen (secondary N) is 1. The lowest BCUT2D eigenvalue weighted by atomic mass is 9.96. The lowest BCUT2D eigenvalue weighted by Crippen LogP contribution is -2.18. The number of methoxy groups -OCH3 is 1. The molecule has 23 heavy (non-hydrogen) atoms. The summed E-state index contributed by atoms with van der Waals surface area (Å²) in [4.78, 5) is 11.6. The van der Waals surface area contributed by atoms with Crippen LogP contribution in [0.1, 0.15) is 24.0 Å². The summed E-state index contributed by atoms with van der Waals surface area (Å²) >= 11 is 0. The van der Waals surface area contributed by atoms with Gasteiger partial charge < -0.3 is 15.9 Å². The summed E-state index contributed by atoms with van der Waals surface area (Å²) < 4.78 is 42.6. The average Bonchev–Trinajstić information content (AvgIpc) is 2.51. The number of esters is 1. The number of halogens is 3. The Morgan fingerprint density at radius 2 is 2.00 bits per heavy atom. The third-order valence-electron chi connectivity index (χ3n) is 3.05. The van der Waals surface area contributed by atoms with E-state index in [1.165, 1.54) is 7.11 Å². The normalized spacial score (nSPS) is 13.3. The highest BCUT2D eigenvalue weighted by atomic mass is 19.4. The van der Waals surface area contributed by atoms with Crippen molar-refractivity contribution in [3.8, 4) is 11.8 Å². The van der Waals surface area contributed by atoms with Gasteiger partial charge in [-0.25, -0.2) is 0 Å². The van der Waals surface area contributed by atoms with E-state index in [1.807, 2.05) is 0 Å². The minimum Gasteiger partial charge on any atom is -0.469 e. The van der Waals surface area contributed by atoms with Crippen LogP contribution < -0.4 is 5.73 Å². The van der Waals surface area contributed by atoms with E-state index in [9.17, 15) is 18.0 Å². The molecule has 0 saturated carbocycles. The Morgan fingerprint density at radius 1 is 1.39 bits per heavy atom. The first kappa shape index (κ1) is 18.3. The molecule has 0 spiro atoms. The molecule has 0 aliphatic carbocycles. The number of hydrogen-bond donors (Lipinski definition) is 2. The van der Waals surface area contributed by atoms with Crippen LogP contribution in [-0.4, -0.2) is 25.5 Å². The molecule has 1 unspecified atom stereocenters. The fraction of sp³-hybridized carbons (Fsp3) is 0.250. The monoisotopic (exact) mass is 324 g/mol. The Balaban J connectivity index is 3.30. The molecule has 1 aromatic rings. The third kappa shape index (κ3) is 4.61. The summed E-state index contributed by atoms with van der Waals surface area (Å²) in [6.07, 6.45) is -4.63. The second-order valence-electron chi connectivity index (χ2n) is 4.55. The van der Waals surface area contributed by atoms with Gasteiger partial charge in [-0.3, -0.25) is 4.79 Å². The Hall–Kier alpha value is -2.75. The van der Waals surface area contributed by atoms with Crippen LogP contribution in [0, 0.1) is 17.3 Å². The van der Waals surface area contributed by atoms with Crippen LogP contribution in [-0.2, 0) is 9.53 Å².